The molecule has 1 N–H and O–H groups in total. The van der Waals surface area contributed by atoms with E-state index in [-0.39, 0.29) is 5.56 Å². The molecule has 0 unspecified atom stereocenters. The molecule has 0 saturated heterocycles. The number of rotatable bonds is 5. The van der Waals surface area contributed by atoms with Crippen LogP contribution in [0.15, 0.2) is 54.2 Å². The van der Waals surface area contributed by atoms with E-state index in [2.05, 4.69) is 15.3 Å². The Morgan fingerprint density at radius 3 is 2.80 bits per heavy atom. The third kappa shape index (κ3) is 4.40. The number of nitrogens with zero attached hydrogens (tertiary/aromatic N) is 2. The number of carbonyl (C=O) groups excluding carboxylic acids is 2. The molecule has 0 atom stereocenters. The molecule has 0 aliphatic heterocycles. The monoisotopic (exact) mass is 373 g/mol. The summed E-state index contributed by atoms with van der Waals surface area (Å²) in [4.78, 5) is 31.8. The second kappa shape index (κ2) is 7.87. The second-order valence-electron chi connectivity index (χ2n) is 4.88. The van der Waals surface area contributed by atoms with E-state index in [0.717, 1.165) is 5.56 Å². The van der Waals surface area contributed by atoms with Crippen LogP contribution in [-0.2, 0) is 9.53 Å². The van der Waals surface area contributed by atoms with E-state index in [1.54, 1.807) is 29.8 Å². The maximum atomic E-state index is 11.9. The molecule has 25 heavy (non-hydrogen) atoms. The molecule has 6 nitrogen and oxygen atoms in total. The molecule has 0 aliphatic rings. The Labute approximate surface area is 152 Å². The van der Waals surface area contributed by atoms with Crippen molar-refractivity contribution in [2.45, 2.75) is 0 Å². The Balaban J connectivity index is 1.57. The van der Waals surface area contributed by atoms with Crippen molar-refractivity contribution >= 4 is 39.9 Å². The molecule has 1 aromatic carbocycles. The van der Waals surface area contributed by atoms with Crippen LogP contribution in [0.1, 0.15) is 10.4 Å². The first-order valence-corrected chi connectivity index (χ1v) is 8.46. The third-order valence-electron chi connectivity index (χ3n) is 3.13. The van der Waals surface area contributed by atoms with Crippen molar-refractivity contribution in [3.05, 3.63) is 64.8 Å². The molecule has 2 aromatic heterocycles. The molecule has 0 bridgehead atoms. The molecular formula is C17H12ClN3O3S. The largest absolute Gasteiger partial charge is 0.452 e. The van der Waals surface area contributed by atoms with Gasteiger partial charge < -0.3 is 4.74 Å². The minimum atomic E-state index is -0.612. The summed E-state index contributed by atoms with van der Waals surface area (Å²) in [6.07, 6.45) is 2.92. The number of hydrogen-bond donors (Lipinski definition) is 1. The minimum Gasteiger partial charge on any atom is -0.452 e. The topological polar surface area (TPSA) is 81.2 Å². The molecule has 3 aromatic rings. The molecule has 8 heteroatoms. The van der Waals surface area contributed by atoms with Crippen LogP contribution in [0.25, 0.3) is 11.3 Å². The van der Waals surface area contributed by atoms with Gasteiger partial charge in [0, 0.05) is 28.4 Å². The summed E-state index contributed by atoms with van der Waals surface area (Å²) in [7, 11) is 0. The van der Waals surface area contributed by atoms with Crippen LogP contribution in [0.4, 0.5) is 5.13 Å². The van der Waals surface area contributed by atoms with Crippen LogP contribution in [0.3, 0.4) is 0 Å². The second-order valence-corrected chi connectivity index (χ2v) is 6.15. The fraction of sp³-hybridized carbons (Fsp3) is 0.0588. The van der Waals surface area contributed by atoms with Crippen molar-refractivity contribution in [1.82, 2.24) is 9.97 Å². The smallest absolute Gasteiger partial charge is 0.340 e. The van der Waals surface area contributed by atoms with Crippen LogP contribution in [0.2, 0.25) is 5.02 Å². The SMILES string of the molecule is O=C(COC(=O)c1cccnc1)Nc1nc(-c2ccccc2Cl)cs1. The summed E-state index contributed by atoms with van der Waals surface area (Å²) < 4.78 is 4.94. The van der Waals surface area contributed by atoms with Gasteiger partial charge in [-0.2, -0.15) is 0 Å². The molecule has 3 rings (SSSR count). The first kappa shape index (κ1) is 17.1. The molecule has 0 aliphatic carbocycles. The summed E-state index contributed by atoms with van der Waals surface area (Å²) >= 11 is 7.39. The van der Waals surface area contributed by atoms with E-state index in [1.165, 1.54) is 17.5 Å². The Hall–Kier alpha value is -2.77. The molecule has 1 amide bonds. The number of anilines is 1. The molecular weight excluding hydrogens is 362 g/mol. The van der Waals surface area contributed by atoms with Crippen LogP contribution < -0.4 is 5.32 Å². The van der Waals surface area contributed by atoms with Crippen LogP contribution in [-0.4, -0.2) is 28.5 Å². The summed E-state index contributed by atoms with van der Waals surface area (Å²) in [5, 5.41) is 5.36. The lowest BCUT2D eigenvalue weighted by Gasteiger charge is -2.04. The fourth-order valence-electron chi connectivity index (χ4n) is 1.98. The average Bonchev–Trinajstić information content (AvgIpc) is 3.09. The van der Waals surface area contributed by atoms with Gasteiger partial charge in [-0.1, -0.05) is 29.8 Å². The van der Waals surface area contributed by atoms with Gasteiger partial charge in [-0.05, 0) is 18.2 Å². The highest BCUT2D eigenvalue weighted by Gasteiger charge is 2.13. The number of ether oxygens (including phenoxy) is 1. The van der Waals surface area contributed by atoms with E-state index in [9.17, 15) is 9.59 Å². The molecule has 2 heterocycles. The lowest BCUT2D eigenvalue weighted by atomic mass is 10.2. The van der Waals surface area contributed by atoms with Crippen molar-refractivity contribution in [2.75, 3.05) is 11.9 Å². The van der Waals surface area contributed by atoms with Gasteiger partial charge in [0.05, 0.1) is 11.3 Å². The number of hydrogen-bond acceptors (Lipinski definition) is 6. The van der Waals surface area contributed by atoms with Crippen molar-refractivity contribution in [3.63, 3.8) is 0 Å². The first-order chi connectivity index (χ1) is 12.1. The summed E-state index contributed by atoms with van der Waals surface area (Å²) in [5.74, 6) is -1.09. The van der Waals surface area contributed by atoms with Gasteiger partial charge in [-0.3, -0.25) is 15.1 Å². The van der Waals surface area contributed by atoms with Gasteiger partial charge in [0.25, 0.3) is 5.91 Å². The maximum Gasteiger partial charge on any atom is 0.340 e. The number of aromatic nitrogens is 2. The summed E-state index contributed by atoms with van der Waals surface area (Å²) in [6, 6.07) is 10.5. The zero-order valence-corrected chi connectivity index (χ0v) is 14.4. The Kier molecular flexibility index (Phi) is 5.37. The van der Waals surface area contributed by atoms with Crippen LogP contribution >= 0.6 is 22.9 Å². The number of thiazole rings is 1. The number of esters is 1. The highest BCUT2D eigenvalue weighted by molar-refractivity contribution is 7.14. The Bertz CT molecular complexity index is 899. The van der Waals surface area contributed by atoms with E-state index in [4.69, 9.17) is 16.3 Å². The number of carbonyl (C=O) groups is 2. The van der Waals surface area contributed by atoms with Crippen molar-refractivity contribution in [3.8, 4) is 11.3 Å². The Morgan fingerprint density at radius 1 is 1.20 bits per heavy atom. The molecule has 126 valence electrons. The predicted octanol–water partition coefficient (Wildman–Crippen LogP) is 3.65. The molecule has 0 spiro atoms. The van der Waals surface area contributed by atoms with E-state index in [1.807, 2.05) is 18.2 Å². The number of benzene rings is 1. The van der Waals surface area contributed by atoms with E-state index < -0.39 is 18.5 Å². The van der Waals surface area contributed by atoms with Crippen LogP contribution in [0.5, 0.6) is 0 Å². The van der Waals surface area contributed by atoms with Gasteiger partial charge in [0.2, 0.25) is 0 Å². The minimum absolute atomic E-state index is 0.283. The number of nitrogens with one attached hydrogen (secondary N) is 1. The molecule has 0 fully saturated rings. The number of halogens is 1. The normalized spacial score (nSPS) is 10.3. The number of pyridine rings is 1. The van der Waals surface area contributed by atoms with E-state index in [0.29, 0.717) is 15.8 Å². The number of amides is 1. The molecule has 0 radical (unpaired) electrons. The van der Waals surface area contributed by atoms with Gasteiger partial charge in [-0.25, -0.2) is 9.78 Å². The highest BCUT2D eigenvalue weighted by Crippen LogP contribution is 2.30. The highest BCUT2D eigenvalue weighted by atomic mass is 35.5. The first-order valence-electron chi connectivity index (χ1n) is 7.21. The van der Waals surface area contributed by atoms with Crippen molar-refractivity contribution in [1.29, 1.82) is 0 Å². The summed E-state index contributed by atoms with van der Waals surface area (Å²) in [5.41, 5.74) is 1.73. The van der Waals surface area contributed by atoms with Crippen molar-refractivity contribution < 1.29 is 14.3 Å². The zero-order valence-electron chi connectivity index (χ0n) is 12.8. The predicted molar refractivity (Wildman–Crippen MR) is 95.7 cm³/mol. The quantitative estimate of drug-likeness (QED) is 0.690. The standard InChI is InChI=1S/C17H12ClN3O3S/c18-13-6-2-1-5-12(13)14-10-25-17(20-14)21-15(22)9-24-16(23)11-4-3-7-19-8-11/h1-8,10H,9H2,(H,20,21,22). The lowest BCUT2D eigenvalue weighted by Crippen LogP contribution is -2.20. The average molecular weight is 374 g/mol. The molecule has 0 saturated carbocycles. The Morgan fingerprint density at radius 2 is 2.04 bits per heavy atom. The van der Waals surface area contributed by atoms with Crippen molar-refractivity contribution in [2.24, 2.45) is 0 Å². The van der Waals surface area contributed by atoms with Crippen LogP contribution in [0, 0.1) is 0 Å². The fourth-order valence-corrected chi connectivity index (χ4v) is 2.94. The van der Waals surface area contributed by atoms with E-state index >= 15 is 0 Å². The third-order valence-corrected chi connectivity index (χ3v) is 4.22. The maximum absolute atomic E-state index is 11.9. The van der Waals surface area contributed by atoms with Gasteiger partial charge in [-0.15, -0.1) is 11.3 Å². The summed E-state index contributed by atoms with van der Waals surface area (Å²) in [6.45, 7) is -0.408. The van der Waals surface area contributed by atoms with Gasteiger partial charge in [0.1, 0.15) is 0 Å². The zero-order chi connectivity index (χ0) is 17.6. The lowest BCUT2D eigenvalue weighted by molar-refractivity contribution is -0.119. The van der Waals surface area contributed by atoms with Gasteiger partial charge in [0.15, 0.2) is 11.7 Å². The van der Waals surface area contributed by atoms with Gasteiger partial charge >= 0.3 is 5.97 Å².